The molecule has 0 amide bonds. The van der Waals surface area contributed by atoms with Crippen molar-refractivity contribution in [3.05, 3.63) is 53.6 Å². The highest BCUT2D eigenvalue weighted by molar-refractivity contribution is 7.22. The van der Waals surface area contributed by atoms with Crippen LogP contribution in [-0.2, 0) is 0 Å². The molecule has 29 heavy (non-hydrogen) atoms. The van der Waals surface area contributed by atoms with Crippen molar-refractivity contribution in [3.63, 3.8) is 0 Å². The fourth-order valence-corrected chi connectivity index (χ4v) is 4.63. The van der Waals surface area contributed by atoms with Crippen LogP contribution in [0.4, 0.5) is 5.13 Å². The summed E-state index contributed by atoms with van der Waals surface area (Å²) in [7, 11) is 0. The lowest BCUT2D eigenvalue weighted by Crippen LogP contribution is -2.38. The van der Waals surface area contributed by atoms with Crippen molar-refractivity contribution in [3.8, 4) is 5.75 Å². The Balaban J connectivity index is 0.00000150. The SMILES string of the molecule is Cl.Cl.Clc1cccc(OCCNCC2CCN(c3nc4ccccc4s3)CC2)c1. The summed E-state index contributed by atoms with van der Waals surface area (Å²) in [5.41, 5.74) is 1.11. The van der Waals surface area contributed by atoms with Crippen LogP contribution in [0.2, 0.25) is 5.02 Å². The van der Waals surface area contributed by atoms with E-state index in [2.05, 4.69) is 34.5 Å². The average molecular weight is 475 g/mol. The fraction of sp³-hybridized carbons (Fsp3) is 0.381. The van der Waals surface area contributed by atoms with Crippen LogP contribution in [0.15, 0.2) is 48.5 Å². The Bertz CT molecular complexity index is 851. The first-order valence-electron chi connectivity index (χ1n) is 9.47. The summed E-state index contributed by atoms with van der Waals surface area (Å²) < 4.78 is 6.99. The Hall–Kier alpha value is -1.24. The quantitative estimate of drug-likeness (QED) is 0.447. The van der Waals surface area contributed by atoms with E-state index in [0.717, 1.165) is 48.5 Å². The third kappa shape index (κ3) is 6.63. The molecule has 4 rings (SSSR count). The van der Waals surface area contributed by atoms with Crippen LogP contribution in [0.25, 0.3) is 10.2 Å². The summed E-state index contributed by atoms with van der Waals surface area (Å²) in [4.78, 5) is 7.22. The topological polar surface area (TPSA) is 37.4 Å². The normalized spacial score (nSPS) is 14.3. The minimum absolute atomic E-state index is 0. The van der Waals surface area contributed by atoms with Gasteiger partial charge < -0.3 is 15.0 Å². The Morgan fingerprint density at radius 3 is 2.66 bits per heavy atom. The zero-order chi connectivity index (χ0) is 18.5. The summed E-state index contributed by atoms with van der Waals surface area (Å²) in [6.45, 7) is 4.73. The number of para-hydroxylation sites is 1. The first-order chi connectivity index (χ1) is 13.3. The molecule has 8 heteroatoms. The van der Waals surface area contributed by atoms with Gasteiger partial charge in [-0.1, -0.05) is 41.1 Å². The van der Waals surface area contributed by atoms with E-state index in [0.29, 0.717) is 11.6 Å². The lowest BCUT2D eigenvalue weighted by atomic mass is 9.97. The van der Waals surface area contributed by atoms with Crippen LogP contribution in [0.3, 0.4) is 0 Å². The van der Waals surface area contributed by atoms with Gasteiger partial charge >= 0.3 is 0 Å². The van der Waals surface area contributed by atoms with E-state index in [9.17, 15) is 0 Å². The maximum absolute atomic E-state index is 5.96. The van der Waals surface area contributed by atoms with Crippen molar-refractivity contribution in [2.45, 2.75) is 12.8 Å². The first-order valence-corrected chi connectivity index (χ1v) is 10.7. The zero-order valence-corrected chi connectivity index (χ0v) is 19.3. The number of ether oxygens (including phenoxy) is 1. The molecular formula is C21H26Cl3N3OS. The second-order valence-corrected chi connectivity index (χ2v) is 8.35. The van der Waals surface area contributed by atoms with Crippen LogP contribution in [-0.4, -0.2) is 37.8 Å². The van der Waals surface area contributed by atoms with Crippen LogP contribution in [0.1, 0.15) is 12.8 Å². The number of nitrogens with one attached hydrogen (secondary N) is 1. The number of anilines is 1. The minimum Gasteiger partial charge on any atom is -0.492 e. The van der Waals surface area contributed by atoms with Crippen molar-refractivity contribution in [1.29, 1.82) is 0 Å². The molecule has 1 aromatic heterocycles. The lowest BCUT2D eigenvalue weighted by Gasteiger charge is -2.31. The van der Waals surface area contributed by atoms with E-state index in [4.69, 9.17) is 21.3 Å². The molecule has 0 radical (unpaired) electrons. The number of fused-ring (bicyclic) bond motifs is 1. The Labute approximate surface area is 193 Å². The predicted octanol–water partition coefficient (Wildman–Crippen LogP) is 5.68. The van der Waals surface area contributed by atoms with Crippen LogP contribution in [0, 0.1) is 5.92 Å². The van der Waals surface area contributed by atoms with E-state index >= 15 is 0 Å². The highest BCUT2D eigenvalue weighted by atomic mass is 35.5. The van der Waals surface area contributed by atoms with Crippen molar-refractivity contribution < 1.29 is 4.74 Å². The van der Waals surface area contributed by atoms with Crippen LogP contribution >= 0.6 is 47.8 Å². The molecule has 1 N–H and O–H groups in total. The van der Waals surface area contributed by atoms with Crippen molar-refractivity contribution in [2.75, 3.05) is 37.7 Å². The van der Waals surface area contributed by atoms with E-state index in [1.807, 2.05) is 24.3 Å². The largest absolute Gasteiger partial charge is 0.492 e. The van der Waals surface area contributed by atoms with E-state index < -0.39 is 0 Å². The monoisotopic (exact) mass is 473 g/mol. The predicted molar refractivity (Wildman–Crippen MR) is 129 cm³/mol. The van der Waals surface area contributed by atoms with Crippen molar-refractivity contribution >= 4 is 63.1 Å². The molecular weight excluding hydrogens is 449 g/mol. The number of hydrogen-bond acceptors (Lipinski definition) is 5. The number of aromatic nitrogens is 1. The van der Waals surface area contributed by atoms with Gasteiger partial charge in [-0.15, -0.1) is 24.8 Å². The first kappa shape index (κ1) is 24.0. The summed E-state index contributed by atoms with van der Waals surface area (Å²) in [6.07, 6.45) is 2.41. The average Bonchev–Trinajstić information content (AvgIpc) is 3.12. The van der Waals surface area contributed by atoms with E-state index in [1.54, 1.807) is 11.3 Å². The minimum atomic E-state index is 0. The Kier molecular flexibility index (Phi) is 9.80. The summed E-state index contributed by atoms with van der Waals surface area (Å²) in [5.74, 6) is 1.55. The third-order valence-corrected chi connectivity index (χ3v) is 6.28. The molecule has 3 aromatic rings. The number of rotatable bonds is 7. The molecule has 158 valence electrons. The van der Waals surface area contributed by atoms with Gasteiger partial charge in [-0.05, 0) is 55.6 Å². The van der Waals surface area contributed by atoms with Crippen molar-refractivity contribution in [2.24, 2.45) is 5.92 Å². The molecule has 0 unspecified atom stereocenters. The van der Waals surface area contributed by atoms with Gasteiger partial charge in [0.15, 0.2) is 5.13 Å². The van der Waals surface area contributed by atoms with Gasteiger partial charge in [0.2, 0.25) is 0 Å². The number of nitrogens with zero attached hydrogens (tertiary/aromatic N) is 2. The van der Waals surface area contributed by atoms with Gasteiger partial charge in [0.1, 0.15) is 12.4 Å². The van der Waals surface area contributed by atoms with Gasteiger partial charge in [0.25, 0.3) is 0 Å². The van der Waals surface area contributed by atoms with Gasteiger partial charge in [-0.3, -0.25) is 0 Å². The highest BCUT2D eigenvalue weighted by Gasteiger charge is 2.21. The smallest absolute Gasteiger partial charge is 0.186 e. The van der Waals surface area contributed by atoms with Crippen LogP contribution in [0.5, 0.6) is 5.75 Å². The molecule has 0 bridgehead atoms. The molecule has 0 aliphatic carbocycles. The zero-order valence-electron chi connectivity index (χ0n) is 16.1. The molecule has 1 aliphatic rings. The van der Waals surface area contributed by atoms with E-state index in [1.165, 1.54) is 17.5 Å². The maximum Gasteiger partial charge on any atom is 0.186 e. The fourth-order valence-electron chi connectivity index (χ4n) is 3.43. The van der Waals surface area contributed by atoms with Crippen molar-refractivity contribution in [1.82, 2.24) is 10.3 Å². The highest BCUT2D eigenvalue weighted by Crippen LogP contribution is 2.31. The van der Waals surface area contributed by atoms with Gasteiger partial charge in [0, 0.05) is 24.7 Å². The maximum atomic E-state index is 5.96. The summed E-state index contributed by atoms with van der Waals surface area (Å²) in [5, 5.41) is 5.40. The molecule has 0 spiro atoms. The summed E-state index contributed by atoms with van der Waals surface area (Å²) in [6, 6.07) is 15.9. The molecule has 1 fully saturated rings. The molecule has 0 atom stereocenters. The van der Waals surface area contributed by atoms with Gasteiger partial charge in [-0.2, -0.15) is 0 Å². The Morgan fingerprint density at radius 1 is 1.10 bits per heavy atom. The molecule has 1 aliphatic heterocycles. The second-order valence-electron chi connectivity index (χ2n) is 6.90. The summed E-state index contributed by atoms with van der Waals surface area (Å²) >= 11 is 7.76. The second kappa shape index (κ2) is 11.8. The van der Waals surface area contributed by atoms with Gasteiger partial charge in [0.05, 0.1) is 10.2 Å². The van der Waals surface area contributed by atoms with Crippen LogP contribution < -0.4 is 15.0 Å². The number of hydrogen-bond donors (Lipinski definition) is 1. The number of halogens is 3. The molecule has 4 nitrogen and oxygen atoms in total. The molecule has 2 heterocycles. The Morgan fingerprint density at radius 2 is 1.90 bits per heavy atom. The standard InChI is InChI=1S/C21H24ClN3OS.2ClH/c22-17-4-3-5-18(14-17)26-13-10-23-15-16-8-11-25(12-9-16)21-24-19-6-1-2-7-20(19)27-21;;/h1-7,14,16,23H,8-13,15H2;2*1H. The van der Waals surface area contributed by atoms with E-state index in [-0.39, 0.29) is 24.8 Å². The number of piperidine rings is 1. The molecule has 2 aromatic carbocycles. The van der Waals surface area contributed by atoms with Gasteiger partial charge in [-0.25, -0.2) is 4.98 Å². The third-order valence-electron chi connectivity index (χ3n) is 4.94. The molecule has 0 saturated carbocycles. The molecule has 1 saturated heterocycles. The lowest BCUT2D eigenvalue weighted by molar-refractivity contribution is 0.302. The number of thiazole rings is 1. The number of benzene rings is 2.